The second-order valence-electron chi connectivity index (χ2n) is 7.00. The molecule has 1 aliphatic heterocycles. The Bertz CT molecular complexity index is 1130. The van der Waals surface area contributed by atoms with E-state index in [2.05, 4.69) is 38.4 Å². The maximum absolute atomic E-state index is 12.5. The Hall–Kier alpha value is -4.38. The van der Waals surface area contributed by atoms with E-state index in [0.717, 1.165) is 5.57 Å². The molecule has 2 aromatic rings. The molecule has 0 spiro atoms. The lowest BCUT2D eigenvalue weighted by Gasteiger charge is -2.28. The number of carbonyl (C=O) groups is 1. The van der Waals surface area contributed by atoms with Crippen LogP contribution in [0.1, 0.15) is 17.2 Å². The van der Waals surface area contributed by atoms with Crippen molar-refractivity contribution >= 4 is 17.9 Å². The van der Waals surface area contributed by atoms with Crippen LogP contribution in [0.25, 0.3) is 0 Å². The van der Waals surface area contributed by atoms with Crippen molar-refractivity contribution in [3.05, 3.63) is 89.4 Å². The van der Waals surface area contributed by atoms with Gasteiger partial charge < -0.3 is 20.7 Å². The monoisotopic (exact) mass is 428 g/mol. The average molecular weight is 428 g/mol. The molecule has 0 saturated heterocycles. The molecule has 0 fully saturated rings. The van der Waals surface area contributed by atoms with Gasteiger partial charge in [0.1, 0.15) is 17.4 Å². The van der Waals surface area contributed by atoms with E-state index in [0.29, 0.717) is 23.7 Å². The number of pyridine rings is 1. The summed E-state index contributed by atoms with van der Waals surface area (Å²) in [5, 5.41) is 11.9. The molecular formula is C24H24N6O2. The summed E-state index contributed by atoms with van der Waals surface area (Å²) in [4.78, 5) is 22.8. The molecular weight excluding hydrogens is 404 g/mol. The smallest absolute Gasteiger partial charge is 0.254 e. The average Bonchev–Trinajstić information content (AvgIpc) is 2.83. The zero-order valence-electron chi connectivity index (χ0n) is 17.9. The van der Waals surface area contributed by atoms with Gasteiger partial charge in [0.15, 0.2) is 5.82 Å². The molecule has 3 N–H and O–H groups in total. The Balaban J connectivity index is 1.60. The minimum absolute atomic E-state index is 0.152. The third-order valence-electron chi connectivity index (χ3n) is 4.86. The van der Waals surface area contributed by atoms with Gasteiger partial charge in [0.25, 0.3) is 5.91 Å². The van der Waals surface area contributed by atoms with Gasteiger partial charge in [0, 0.05) is 38.3 Å². The molecule has 2 heterocycles. The number of hydrogen-bond donors (Lipinski definition) is 2. The van der Waals surface area contributed by atoms with Gasteiger partial charge in [-0.25, -0.2) is 9.98 Å². The molecule has 1 aromatic carbocycles. The van der Waals surface area contributed by atoms with Crippen LogP contribution >= 0.6 is 0 Å². The zero-order chi connectivity index (χ0) is 22.9. The van der Waals surface area contributed by atoms with E-state index in [1.165, 1.54) is 37.4 Å². The second kappa shape index (κ2) is 10.6. The maximum atomic E-state index is 12.5. The van der Waals surface area contributed by atoms with Crippen LogP contribution in [-0.4, -0.2) is 42.7 Å². The lowest BCUT2D eigenvalue weighted by Crippen LogP contribution is -2.30. The molecule has 1 aliphatic rings. The summed E-state index contributed by atoms with van der Waals surface area (Å²) in [6.45, 7) is 0.343. The molecule has 1 atom stereocenters. The lowest BCUT2D eigenvalue weighted by molar-refractivity contribution is -0.116. The van der Waals surface area contributed by atoms with Crippen molar-refractivity contribution in [1.29, 1.82) is 5.26 Å². The SMILES string of the molecule is COc1cc(N=C/C(=C\N)C(=O)NCC2=CN(C)C(c3ccccc3)C=C2)ncc1C#N. The number of nitrogens with two attached hydrogens (primary N) is 1. The Kier molecular flexibility index (Phi) is 7.38. The second-order valence-corrected chi connectivity index (χ2v) is 7.00. The van der Waals surface area contributed by atoms with Gasteiger partial charge in [-0.2, -0.15) is 5.26 Å². The standard InChI is InChI=1S/C24H24N6O2/c1-30-16-17(8-9-21(30)18-6-4-3-5-7-18)13-29-24(31)20(12-26)15-28-23-10-22(32-2)19(11-25)14-27-23/h3-10,12,14-16,21H,13,26H2,1-2H3,(H,29,31)/b20-12+,28-15?. The largest absolute Gasteiger partial charge is 0.495 e. The predicted molar refractivity (Wildman–Crippen MR) is 123 cm³/mol. The summed E-state index contributed by atoms with van der Waals surface area (Å²) >= 11 is 0. The number of rotatable bonds is 7. The van der Waals surface area contributed by atoms with Crippen LogP contribution in [0.5, 0.6) is 5.75 Å². The van der Waals surface area contributed by atoms with Crippen LogP contribution in [0.2, 0.25) is 0 Å². The van der Waals surface area contributed by atoms with E-state index in [9.17, 15) is 4.79 Å². The number of methoxy groups -OCH3 is 1. The van der Waals surface area contributed by atoms with E-state index >= 15 is 0 Å². The van der Waals surface area contributed by atoms with Crippen molar-refractivity contribution in [3.8, 4) is 11.8 Å². The summed E-state index contributed by atoms with van der Waals surface area (Å²) in [5.74, 6) is 0.282. The highest BCUT2D eigenvalue weighted by atomic mass is 16.5. The first kappa shape index (κ1) is 22.3. The molecule has 0 bridgehead atoms. The number of nitrogens with zero attached hydrogens (tertiary/aromatic N) is 4. The molecule has 8 nitrogen and oxygen atoms in total. The molecule has 0 aliphatic carbocycles. The Morgan fingerprint density at radius 3 is 2.84 bits per heavy atom. The first-order chi connectivity index (χ1) is 15.5. The summed E-state index contributed by atoms with van der Waals surface area (Å²) in [6, 6.07) is 13.8. The summed E-state index contributed by atoms with van der Waals surface area (Å²) in [7, 11) is 3.45. The highest BCUT2D eigenvalue weighted by Crippen LogP contribution is 2.25. The number of likely N-dealkylation sites (N-methyl/N-ethyl adjacent to an activating group) is 1. The minimum Gasteiger partial charge on any atom is -0.495 e. The topological polar surface area (TPSA) is 117 Å². The molecule has 162 valence electrons. The van der Waals surface area contributed by atoms with Gasteiger partial charge in [-0.3, -0.25) is 4.79 Å². The molecule has 0 radical (unpaired) electrons. The fourth-order valence-corrected chi connectivity index (χ4v) is 3.18. The molecule has 0 saturated carbocycles. The highest BCUT2D eigenvalue weighted by molar-refractivity contribution is 6.12. The van der Waals surface area contributed by atoms with Gasteiger partial charge in [-0.05, 0) is 11.1 Å². The van der Waals surface area contributed by atoms with Crippen molar-refractivity contribution < 1.29 is 9.53 Å². The fourth-order valence-electron chi connectivity index (χ4n) is 3.18. The Morgan fingerprint density at radius 2 is 2.19 bits per heavy atom. The summed E-state index contributed by atoms with van der Waals surface area (Å²) in [5.41, 5.74) is 8.25. The van der Waals surface area contributed by atoms with E-state index in [4.69, 9.17) is 15.7 Å². The first-order valence-electron chi connectivity index (χ1n) is 9.89. The number of benzene rings is 1. The quantitative estimate of drug-likeness (QED) is 0.517. The minimum atomic E-state index is -0.362. The third kappa shape index (κ3) is 5.40. The van der Waals surface area contributed by atoms with Crippen LogP contribution in [0.3, 0.4) is 0 Å². The molecule has 1 aromatic heterocycles. The summed E-state index contributed by atoms with van der Waals surface area (Å²) in [6.07, 6.45) is 9.98. The normalized spacial score (nSPS) is 15.9. The first-order valence-corrected chi connectivity index (χ1v) is 9.89. The third-order valence-corrected chi connectivity index (χ3v) is 4.86. The van der Waals surface area contributed by atoms with Crippen molar-refractivity contribution in [2.45, 2.75) is 6.04 Å². The van der Waals surface area contributed by atoms with Crippen LogP contribution in [0, 0.1) is 11.3 Å². The fraction of sp³-hybridized carbons (Fsp3) is 0.167. The van der Waals surface area contributed by atoms with E-state index < -0.39 is 0 Å². The number of aromatic nitrogens is 1. The van der Waals surface area contributed by atoms with Crippen LogP contribution in [0.15, 0.2) is 83.3 Å². The Labute approximate surface area is 187 Å². The number of amides is 1. The number of nitrogens with one attached hydrogen (secondary N) is 1. The zero-order valence-corrected chi connectivity index (χ0v) is 17.9. The molecule has 1 amide bonds. The van der Waals surface area contributed by atoms with E-state index in [1.807, 2.05) is 43.6 Å². The highest BCUT2D eigenvalue weighted by Gasteiger charge is 2.16. The molecule has 8 heteroatoms. The van der Waals surface area contributed by atoms with Gasteiger partial charge in [-0.1, -0.05) is 42.5 Å². The Morgan fingerprint density at radius 1 is 1.41 bits per heavy atom. The van der Waals surface area contributed by atoms with Crippen molar-refractivity contribution in [2.75, 3.05) is 20.7 Å². The lowest BCUT2D eigenvalue weighted by atomic mass is 10.0. The predicted octanol–water partition coefficient (Wildman–Crippen LogP) is 2.75. The number of carbonyl (C=O) groups excluding carboxylic acids is 1. The van der Waals surface area contributed by atoms with E-state index in [1.54, 1.807) is 0 Å². The van der Waals surface area contributed by atoms with Gasteiger partial charge in [0.05, 0.1) is 24.9 Å². The van der Waals surface area contributed by atoms with Crippen molar-refractivity contribution in [2.24, 2.45) is 10.7 Å². The van der Waals surface area contributed by atoms with Gasteiger partial charge >= 0.3 is 0 Å². The van der Waals surface area contributed by atoms with Crippen LogP contribution in [-0.2, 0) is 4.79 Å². The molecule has 3 rings (SSSR count). The van der Waals surface area contributed by atoms with Crippen LogP contribution in [0.4, 0.5) is 5.82 Å². The number of aliphatic imine (C=N–C) groups is 1. The van der Waals surface area contributed by atoms with Crippen molar-refractivity contribution in [3.63, 3.8) is 0 Å². The van der Waals surface area contributed by atoms with E-state index in [-0.39, 0.29) is 17.5 Å². The van der Waals surface area contributed by atoms with Crippen LogP contribution < -0.4 is 15.8 Å². The summed E-state index contributed by atoms with van der Waals surface area (Å²) < 4.78 is 5.14. The molecule has 1 unspecified atom stereocenters. The van der Waals surface area contributed by atoms with Crippen molar-refractivity contribution in [1.82, 2.24) is 15.2 Å². The van der Waals surface area contributed by atoms with Gasteiger partial charge in [0.2, 0.25) is 0 Å². The number of ether oxygens (including phenoxy) is 1. The van der Waals surface area contributed by atoms with Gasteiger partial charge in [-0.15, -0.1) is 0 Å². The molecule has 32 heavy (non-hydrogen) atoms. The maximum Gasteiger partial charge on any atom is 0.254 e. The number of nitriles is 1. The number of hydrogen-bond acceptors (Lipinski definition) is 7.